The van der Waals surface area contributed by atoms with Crippen LogP contribution in [0.2, 0.25) is 0 Å². The van der Waals surface area contributed by atoms with Gasteiger partial charge in [0.25, 0.3) is 5.91 Å². The summed E-state index contributed by atoms with van der Waals surface area (Å²) in [4.78, 5) is 13.1. The molecule has 0 aliphatic rings. The Bertz CT molecular complexity index is 1280. The Balaban J connectivity index is 1.75. The van der Waals surface area contributed by atoms with Gasteiger partial charge in [0.15, 0.2) is 5.69 Å². The largest absolute Gasteiger partial charge is 0.494 e. The molecule has 3 N–H and O–H groups in total. The van der Waals surface area contributed by atoms with E-state index in [2.05, 4.69) is 31.2 Å². The quantitative estimate of drug-likeness (QED) is 0.310. The fraction of sp³-hybridized carbons (Fsp3) is 0.182. The lowest BCUT2D eigenvalue weighted by molar-refractivity contribution is 0.0950. The van der Waals surface area contributed by atoms with Crippen molar-refractivity contribution in [2.24, 2.45) is 5.10 Å². The van der Waals surface area contributed by atoms with Gasteiger partial charge in [-0.05, 0) is 41.4 Å². The van der Waals surface area contributed by atoms with Crippen LogP contribution in [0.25, 0.3) is 17.1 Å². The second-order valence-electron chi connectivity index (χ2n) is 6.85. The first kappa shape index (κ1) is 21.7. The fourth-order valence-electron chi connectivity index (χ4n) is 3.23. The minimum atomic E-state index is -0.546. The molecule has 2 aromatic carbocycles. The molecule has 11 nitrogen and oxygen atoms in total. The van der Waals surface area contributed by atoms with E-state index >= 15 is 0 Å². The van der Waals surface area contributed by atoms with Crippen LogP contribution in [-0.2, 0) is 0 Å². The molecule has 0 bridgehead atoms. The maximum Gasteiger partial charge on any atom is 0.294 e. The van der Waals surface area contributed by atoms with Crippen LogP contribution in [0.15, 0.2) is 64.3 Å². The number of nitrogens with one attached hydrogen (secondary N) is 1. The van der Waals surface area contributed by atoms with Crippen molar-refractivity contribution in [1.82, 2.24) is 30.7 Å². The van der Waals surface area contributed by atoms with Crippen molar-refractivity contribution in [3.63, 3.8) is 0 Å². The fourth-order valence-corrected chi connectivity index (χ4v) is 3.23. The van der Waals surface area contributed by atoms with Gasteiger partial charge in [-0.3, -0.25) is 4.79 Å². The Kier molecular flexibility index (Phi) is 6.39. The van der Waals surface area contributed by atoms with Crippen LogP contribution in [-0.4, -0.2) is 43.5 Å². The first-order chi connectivity index (χ1) is 16.1. The summed E-state index contributed by atoms with van der Waals surface area (Å²) in [5, 5.41) is 19.8. The van der Waals surface area contributed by atoms with E-state index in [-0.39, 0.29) is 17.3 Å². The highest BCUT2D eigenvalue weighted by Gasteiger charge is 2.25. The summed E-state index contributed by atoms with van der Waals surface area (Å²) in [5.74, 6) is 0.190. The zero-order chi connectivity index (χ0) is 23.2. The normalized spacial score (nSPS) is 11.4. The predicted molar refractivity (Wildman–Crippen MR) is 121 cm³/mol. The lowest BCUT2D eigenvalue weighted by Crippen LogP contribution is -2.21. The molecule has 4 rings (SSSR count). The smallest absolute Gasteiger partial charge is 0.294 e. The zero-order valence-corrected chi connectivity index (χ0v) is 18.1. The van der Waals surface area contributed by atoms with Crippen molar-refractivity contribution in [3.8, 4) is 22.8 Å². The van der Waals surface area contributed by atoms with Crippen molar-refractivity contribution in [2.75, 3.05) is 12.3 Å². The molecule has 0 radical (unpaired) electrons. The number of benzene rings is 2. The van der Waals surface area contributed by atoms with Gasteiger partial charge in [-0.2, -0.15) is 9.78 Å². The van der Waals surface area contributed by atoms with Crippen molar-refractivity contribution in [3.05, 3.63) is 65.9 Å². The molecule has 0 saturated carbocycles. The second-order valence-corrected chi connectivity index (χ2v) is 6.85. The van der Waals surface area contributed by atoms with E-state index in [0.29, 0.717) is 30.0 Å². The highest BCUT2D eigenvalue weighted by molar-refractivity contribution is 6.03. The van der Waals surface area contributed by atoms with Gasteiger partial charge >= 0.3 is 0 Å². The molecule has 11 heteroatoms. The Morgan fingerprint density at radius 1 is 1.15 bits per heavy atom. The monoisotopic (exact) mass is 446 g/mol. The van der Waals surface area contributed by atoms with Crippen molar-refractivity contribution < 1.29 is 14.2 Å². The molecule has 168 valence electrons. The number of ether oxygens (including phenoxy) is 1. The van der Waals surface area contributed by atoms with Crippen LogP contribution in [0.1, 0.15) is 36.3 Å². The van der Waals surface area contributed by atoms with Gasteiger partial charge < -0.3 is 10.5 Å². The average Bonchev–Trinajstić information content (AvgIpc) is 3.46. The molecule has 2 heterocycles. The van der Waals surface area contributed by atoms with Crippen LogP contribution in [0, 0.1) is 0 Å². The van der Waals surface area contributed by atoms with Crippen molar-refractivity contribution >= 4 is 17.4 Å². The minimum Gasteiger partial charge on any atom is -0.494 e. The highest BCUT2D eigenvalue weighted by atomic mass is 16.6. The first-order valence-electron chi connectivity index (χ1n) is 10.3. The van der Waals surface area contributed by atoms with E-state index in [9.17, 15) is 4.79 Å². The van der Waals surface area contributed by atoms with Crippen LogP contribution in [0.5, 0.6) is 5.75 Å². The Hall–Kier alpha value is -4.54. The number of amides is 1. The third kappa shape index (κ3) is 4.56. The van der Waals surface area contributed by atoms with E-state index in [1.807, 2.05) is 50.2 Å². The Morgan fingerprint density at radius 2 is 1.97 bits per heavy atom. The lowest BCUT2D eigenvalue weighted by Gasteiger charge is -2.09. The zero-order valence-electron chi connectivity index (χ0n) is 18.1. The van der Waals surface area contributed by atoms with E-state index in [1.165, 1.54) is 4.68 Å². The van der Waals surface area contributed by atoms with Crippen LogP contribution >= 0.6 is 0 Å². The third-order valence-electron chi connectivity index (χ3n) is 4.73. The Morgan fingerprint density at radius 3 is 2.67 bits per heavy atom. The number of aromatic nitrogens is 5. The van der Waals surface area contributed by atoms with Gasteiger partial charge in [-0.1, -0.05) is 54.6 Å². The number of rotatable bonds is 8. The number of hydrogen-bond acceptors (Lipinski definition) is 9. The average molecular weight is 446 g/mol. The number of hydrogen-bond donors (Lipinski definition) is 2. The van der Waals surface area contributed by atoms with Crippen LogP contribution < -0.4 is 15.9 Å². The SMILES string of the molecule is CCOc1cccc(-c2c(C(=O)N/N=C(\CC)c3ccccc3)nnn2-c2nonc2N)c1. The molecule has 0 aliphatic heterocycles. The van der Waals surface area contributed by atoms with Gasteiger partial charge in [-0.25, -0.2) is 10.1 Å². The van der Waals surface area contributed by atoms with Crippen LogP contribution in [0.3, 0.4) is 0 Å². The van der Waals surface area contributed by atoms with E-state index in [0.717, 1.165) is 11.3 Å². The summed E-state index contributed by atoms with van der Waals surface area (Å²) in [6.07, 6.45) is 0.626. The molecule has 33 heavy (non-hydrogen) atoms. The molecule has 0 saturated heterocycles. The molecule has 0 fully saturated rings. The molecular weight excluding hydrogens is 424 g/mol. The van der Waals surface area contributed by atoms with E-state index in [4.69, 9.17) is 15.1 Å². The van der Waals surface area contributed by atoms with Crippen molar-refractivity contribution in [1.29, 1.82) is 0 Å². The van der Waals surface area contributed by atoms with E-state index in [1.54, 1.807) is 18.2 Å². The summed E-state index contributed by atoms with van der Waals surface area (Å²) in [6.45, 7) is 4.33. The maximum absolute atomic E-state index is 13.1. The summed E-state index contributed by atoms with van der Waals surface area (Å²) < 4.78 is 11.6. The number of nitrogens with two attached hydrogens (primary N) is 1. The number of hydrazone groups is 1. The number of nitrogen functional groups attached to an aromatic ring is 1. The van der Waals surface area contributed by atoms with Gasteiger partial charge in [-0.15, -0.1) is 5.10 Å². The molecular formula is C22H22N8O3. The number of carbonyl (C=O) groups excluding carboxylic acids is 1. The van der Waals surface area contributed by atoms with Gasteiger partial charge in [0.05, 0.1) is 12.3 Å². The highest BCUT2D eigenvalue weighted by Crippen LogP contribution is 2.29. The minimum absolute atomic E-state index is 0.00411. The number of anilines is 1. The molecule has 1 amide bonds. The molecule has 0 unspecified atom stereocenters. The third-order valence-corrected chi connectivity index (χ3v) is 4.73. The number of nitrogens with zero attached hydrogens (tertiary/aromatic N) is 6. The molecule has 0 atom stereocenters. The van der Waals surface area contributed by atoms with E-state index < -0.39 is 5.91 Å². The predicted octanol–water partition coefficient (Wildman–Crippen LogP) is 2.84. The summed E-state index contributed by atoms with van der Waals surface area (Å²) in [6, 6.07) is 16.8. The molecule has 0 aliphatic carbocycles. The van der Waals surface area contributed by atoms with Crippen LogP contribution in [0.4, 0.5) is 5.82 Å². The summed E-state index contributed by atoms with van der Waals surface area (Å²) in [7, 11) is 0. The Labute approximate surface area is 189 Å². The molecule has 4 aromatic rings. The second kappa shape index (κ2) is 9.73. The maximum atomic E-state index is 13.1. The topological polar surface area (TPSA) is 146 Å². The number of carbonyl (C=O) groups is 1. The van der Waals surface area contributed by atoms with Gasteiger partial charge in [0.1, 0.15) is 11.4 Å². The lowest BCUT2D eigenvalue weighted by atomic mass is 10.1. The van der Waals surface area contributed by atoms with Gasteiger partial charge in [0.2, 0.25) is 11.6 Å². The van der Waals surface area contributed by atoms with Gasteiger partial charge in [0, 0.05) is 5.56 Å². The summed E-state index contributed by atoms with van der Waals surface area (Å²) in [5.41, 5.74) is 11.1. The first-order valence-corrected chi connectivity index (χ1v) is 10.3. The molecule has 2 aromatic heterocycles. The summed E-state index contributed by atoms with van der Waals surface area (Å²) >= 11 is 0. The molecule has 0 spiro atoms. The van der Waals surface area contributed by atoms with Crippen molar-refractivity contribution in [2.45, 2.75) is 20.3 Å². The standard InChI is InChI=1S/C22H22N8O3/c1-3-17(14-9-6-5-7-10-14)24-26-22(31)18-19(15-11-8-12-16(13-15)32-4-2)30(29-25-18)21-20(23)27-33-28-21/h5-13H,3-4H2,1-2H3,(H2,23,27)(H,26,31)/b24-17+.